The van der Waals surface area contributed by atoms with E-state index in [-0.39, 0.29) is 0 Å². The van der Waals surface area contributed by atoms with Crippen molar-refractivity contribution in [2.24, 2.45) is 4.99 Å². The van der Waals surface area contributed by atoms with Gasteiger partial charge < -0.3 is 4.74 Å². The smallest absolute Gasteiger partial charge is 0.145 e. The Morgan fingerprint density at radius 1 is 1.36 bits per heavy atom. The summed E-state index contributed by atoms with van der Waals surface area (Å²) in [7, 11) is 0. The normalized spacial score (nSPS) is 14.8. The third-order valence-corrected chi connectivity index (χ3v) is 1.61. The maximum absolute atomic E-state index is 5.40. The van der Waals surface area contributed by atoms with Gasteiger partial charge in [-0.25, -0.2) is 0 Å². The van der Waals surface area contributed by atoms with Gasteiger partial charge in [0.25, 0.3) is 0 Å². The minimum absolute atomic E-state index is 0.622. The molecule has 1 aliphatic heterocycles. The van der Waals surface area contributed by atoms with E-state index in [9.17, 15) is 0 Å². The van der Waals surface area contributed by atoms with Crippen LogP contribution in [0.25, 0.3) is 0 Å². The molecular formula is C9H9NO. The quantitative estimate of drug-likeness (QED) is 0.551. The molecule has 1 aromatic rings. The van der Waals surface area contributed by atoms with E-state index in [0.29, 0.717) is 6.61 Å². The molecule has 0 radical (unpaired) electrons. The zero-order valence-electron chi connectivity index (χ0n) is 6.37. The van der Waals surface area contributed by atoms with E-state index in [4.69, 9.17) is 4.74 Å². The molecule has 0 bridgehead atoms. The van der Waals surface area contributed by atoms with E-state index >= 15 is 0 Å². The predicted octanol–water partition coefficient (Wildman–Crippen LogP) is 2.17. The van der Waals surface area contributed by atoms with E-state index < -0.39 is 0 Å². The molecule has 0 aromatic heterocycles. The number of fused-ring (bicyclic) bond motifs is 1. The van der Waals surface area contributed by atoms with Crippen LogP contribution in [0.3, 0.4) is 0 Å². The lowest BCUT2D eigenvalue weighted by Crippen LogP contribution is -2.10. The third-order valence-electron chi connectivity index (χ3n) is 1.61. The van der Waals surface area contributed by atoms with Crippen LogP contribution in [0, 0.1) is 0 Å². The number of benzene rings is 1. The van der Waals surface area contributed by atoms with Gasteiger partial charge in [-0.05, 0) is 19.1 Å². The highest BCUT2D eigenvalue weighted by atomic mass is 16.5. The lowest BCUT2D eigenvalue weighted by Gasteiger charge is -2.13. The molecule has 0 aliphatic carbocycles. The highest BCUT2D eigenvalue weighted by Gasteiger charge is 2.07. The lowest BCUT2D eigenvalue weighted by atomic mass is 10.2. The van der Waals surface area contributed by atoms with Crippen molar-refractivity contribution in [3.63, 3.8) is 0 Å². The molecule has 0 saturated carbocycles. The second-order valence-electron chi connectivity index (χ2n) is 2.60. The molecule has 0 unspecified atom stereocenters. The fourth-order valence-corrected chi connectivity index (χ4v) is 1.09. The fraction of sp³-hybridized carbons (Fsp3) is 0.222. The Bertz CT molecular complexity index is 304. The summed E-state index contributed by atoms with van der Waals surface area (Å²) in [5.41, 5.74) is 1.97. The molecule has 1 aromatic carbocycles. The first-order valence-electron chi connectivity index (χ1n) is 3.62. The van der Waals surface area contributed by atoms with Gasteiger partial charge in [-0.1, -0.05) is 12.1 Å². The SMILES string of the molecule is CC1=Nc2ccccc2OC1. The number of hydrogen-bond donors (Lipinski definition) is 0. The highest BCUT2D eigenvalue weighted by Crippen LogP contribution is 2.29. The molecule has 56 valence electrons. The van der Waals surface area contributed by atoms with Crippen LogP contribution in [0.5, 0.6) is 5.75 Å². The van der Waals surface area contributed by atoms with Crippen LogP contribution in [0.15, 0.2) is 29.3 Å². The second-order valence-corrected chi connectivity index (χ2v) is 2.60. The van der Waals surface area contributed by atoms with Crippen LogP contribution >= 0.6 is 0 Å². The highest BCUT2D eigenvalue weighted by molar-refractivity contribution is 5.88. The summed E-state index contributed by atoms with van der Waals surface area (Å²) in [5, 5.41) is 0. The molecule has 2 rings (SSSR count). The summed E-state index contributed by atoms with van der Waals surface area (Å²) < 4.78 is 5.40. The molecule has 11 heavy (non-hydrogen) atoms. The Hall–Kier alpha value is -1.31. The topological polar surface area (TPSA) is 21.6 Å². The first-order valence-corrected chi connectivity index (χ1v) is 3.62. The zero-order valence-corrected chi connectivity index (χ0v) is 6.37. The van der Waals surface area contributed by atoms with Crippen molar-refractivity contribution >= 4 is 11.4 Å². The van der Waals surface area contributed by atoms with E-state index in [0.717, 1.165) is 17.1 Å². The van der Waals surface area contributed by atoms with E-state index in [1.807, 2.05) is 31.2 Å². The first-order chi connectivity index (χ1) is 5.36. The Labute approximate surface area is 65.5 Å². The van der Waals surface area contributed by atoms with E-state index in [1.165, 1.54) is 0 Å². The average Bonchev–Trinajstić information content (AvgIpc) is 2.04. The number of hydrogen-bond acceptors (Lipinski definition) is 2. The Morgan fingerprint density at radius 2 is 2.18 bits per heavy atom. The van der Waals surface area contributed by atoms with Crippen molar-refractivity contribution in [3.05, 3.63) is 24.3 Å². The molecule has 0 saturated heterocycles. The minimum atomic E-state index is 0.622. The summed E-state index contributed by atoms with van der Waals surface area (Å²) in [6.07, 6.45) is 0. The van der Waals surface area contributed by atoms with Gasteiger partial charge in [0.15, 0.2) is 0 Å². The molecule has 0 atom stereocenters. The molecular weight excluding hydrogens is 138 g/mol. The van der Waals surface area contributed by atoms with Crippen LogP contribution in [0.1, 0.15) is 6.92 Å². The van der Waals surface area contributed by atoms with Crippen molar-refractivity contribution in [3.8, 4) is 5.75 Å². The largest absolute Gasteiger partial charge is 0.485 e. The Kier molecular flexibility index (Phi) is 1.39. The van der Waals surface area contributed by atoms with Gasteiger partial charge in [-0.15, -0.1) is 0 Å². The third kappa shape index (κ3) is 1.11. The van der Waals surface area contributed by atoms with Crippen LogP contribution in [-0.4, -0.2) is 12.3 Å². The Balaban J connectivity index is 2.51. The fourth-order valence-electron chi connectivity index (χ4n) is 1.09. The maximum atomic E-state index is 5.40. The summed E-state index contributed by atoms with van der Waals surface area (Å²) in [6, 6.07) is 7.81. The number of rotatable bonds is 0. The van der Waals surface area contributed by atoms with Crippen molar-refractivity contribution in [2.45, 2.75) is 6.92 Å². The Morgan fingerprint density at radius 3 is 3.09 bits per heavy atom. The second kappa shape index (κ2) is 2.38. The van der Waals surface area contributed by atoms with Crippen LogP contribution in [-0.2, 0) is 0 Å². The van der Waals surface area contributed by atoms with Crippen molar-refractivity contribution in [1.82, 2.24) is 0 Å². The molecule has 0 amide bonds. The standard InChI is InChI=1S/C9H9NO/c1-7-6-11-9-5-3-2-4-8(9)10-7/h2-5H,6H2,1H3. The van der Waals surface area contributed by atoms with Gasteiger partial charge in [0.1, 0.15) is 18.0 Å². The van der Waals surface area contributed by atoms with E-state index in [2.05, 4.69) is 4.99 Å². The van der Waals surface area contributed by atoms with Crippen LogP contribution < -0.4 is 4.74 Å². The van der Waals surface area contributed by atoms with Gasteiger partial charge in [0.05, 0.1) is 5.71 Å². The number of nitrogens with zero attached hydrogens (tertiary/aromatic N) is 1. The van der Waals surface area contributed by atoms with Gasteiger partial charge in [0.2, 0.25) is 0 Å². The van der Waals surface area contributed by atoms with Crippen molar-refractivity contribution in [2.75, 3.05) is 6.61 Å². The van der Waals surface area contributed by atoms with Crippen LogP contribution in [0.4, 0.5) is 5.69 Å². The lowest BCUT2D eigenvalue weighted by molar-refractivity contribution is 0.372. The monoisotopic (exact) mass is 147 g/mol. The first kappa shape index (κ1) is 6.40. The summed E-state index contributed by atoms with van der Waals surface area (Å²) in [5.74, 6) is 0.887. The van der Waals surface area contributed by atoms with Gasteiger partial charge in [0, 0.05) is 0 Å². The maximum Gasteiger partial charge on any atom is 0.145 e. The molecule has 1 heterocycles. The molecule has 1 aliphatic rings. The zero-order chi connectivity index (χ0) is 7.68. The number of aliphatic imine (C=N–C) groups is 1. The van der Waals surface area contributed by atoms with Gasteiger partial charge in [-0.3, -0.25) is 4.99 Å². The average molecular weight is 147 g/mol. The molecule has 0 fully saturated rings. The number of ether oxygens (including phenoxy) is 1. The minimum Gasteiger partial charge on any atom is -0.485 e. The van der Waals surface area contributed by atoms with Gasteiger partial charge in [-0.2, -0.15) is 0 Å². The molecule has 2 heteroatoms. The summed E-state index contributed by atoms with van der Waals surface area (Å²) in [4.78, 5) is 4.34. The summed E-state index contributed by atoms with van der Waals surface area (Å²) in [6.45, 7) is 2.59. The van der Waals surface area contributed by atoms with Crippen molar-refractivity contribution in [1.29, 1.82) is 0 Å². The summed E-state index contributed by atoms with van der Waals surface area (Å²) >= 11 is 0. The van der Waals surface area contributed by atoms with Gasteiger partial charge >= 0.3 is 0 Å². The number of para-hydroxylation sites is 2. The van der Waals surface area contributed by atoms with E-state index in [1.54, 1.807) is 0 Å². The van der Waals surface area contributed by atoms with Crippen molar-refractivity contribution < 1.29 is 4.74 Å². The molecule has 0 N–H and O–H groups in total. The molecule has 2 nitrogen and oxygen atoms in total. The molecule has 0 spiro atoms. The predicted molar refractivity (Wildman–Crippen MR) is 44.7 cm³/mol. The van der Waals surface area contributed by atoms with Crippen LogP contribution in [0.2, 0.25) is 0 Å².